The van der Waals surface area contributed by atoms with Crippen LogP contribution >= 0.6 is 11.6 Å². The van der Waals surface area contributed by atoms with Crippen LogP contribution in [0.25, 0.3) is 10.8 Å². The van der Waals surface area contributed by atoms with Gasteiger partial charge in [0.15, 0.2) is 0 Å². The van der Waals surface area contributed by atoms with E-state index in [2.05, 4.69) is 56.3 Å². The van der Waals surface area contributed by atoms with E-state index < -0.39 is 0 Å². The first-order valence-corrected chi connectivity index (χ1v) is 10.3. The fraction of sp³-hybridized carbons (Fsp3) is 0.320. The minimum Gasteiger partial charge on any atom is -0.489 e. The van der Waals surface area contributed by atoms with Crippen molar-refractivity contribution in [1.82, 2.24) is 0 Å². The maximum atomic E-state index is 13.3. The lowest BCUT2D eigenvalue weighted by Crippen LogP contribution is -2.48. The molecule has 0 radical (unpaired) electrons. The highest BCUT2D eigenvalue weighted by Crippen LogP contribution is 2.52. The Kier molecular flexibility index (Phi) is 4.03. The van der Waals surface area contributed by atoms with Crippen molar-refractivity contribution in [2.75, 3.05) is 0 Å². The molecule has 1 aliphatic carbocycles. The Bertz CT molecular complexity index is 1070. The predicted octanol–water partition coefficient (Wildman–Crippen LogP) is 6.39. The van der Waals surface area contributed by atoms with Crippen LogP contribution in [0.1, 0.15) is 43.7 Å². The van der Waals surface area contributed by atoms with Crippen LogP contribution in [-0.2, 0) is 4.79 Å². The third-order valence-corrected chi connectivity index (χ3v) is 6.54. The molecule has 3 aromatic carbocycles. The van der Waals surface area contributed by atoms with E-state index in [1.807, 2.05) is 18.2 Å². The molecule has 3 heteroatoms. The third-order valence-electron chi connectivity index (χ3n) is 6.29. The van der Waals surface area contributed by atoms with Gasteiger partial charge in [0.1, 0.15) is 17.6 Å². The Hall–Kier alpha value is -2.32. The number of hydrogen-bond donors (Lipinski definition) is 0. The fourth-order valence-corrected chi connectivity index (χ4v) is 5.27. The van der Waals surface area contributed by atoms with Crippen molar-refractivity contribution in [3.05, 3.63) is 76.8 Å². The highest BCUT2D eigenvalue weighted by atomic mass is 35.5. The van der Waals surface area contributed by atoms with Crippen LogP contribution in [0.2, 0.25) is 5.02 Å². The van der Waals surface area contributed by atoms with E-state index in [-0.39, 0.29) is 23.4 Å². The summed E-state index contributed by atoms with van der Waals surface area (Å²) in [7, 11) is 0. The van der Waals surface area contributed by atoms with Crippen LogP contribution in [-0.4, -0.2) is 11.9 Å². The van der Waals surface area contributed by atoms with Crippen LogP contribution in [0, 0.1) is 11.3 Å². The van der Waals surface area contributed by atoms with Crippen LogP contribution in [0.4, 0.5) is 0 Å². The van der Waals surface area contributed by atoms with Gasteiger partial charge >= 0.3 is 0 Å². The summed E-state index contributed by atoms with van der Waals surface area (Å²) in [5.41, 5.74) is 2.24. The average molecular weight is 391 g/mol. The van der Waals surface area contributed by atoms with Crippen LogP contribution < -0.4 is 4.74 Å². The van der Waals surface area contributed by atoms with Crippen LogP contribution in [0.5, 0.6) is 5.75 Å². The predicted molar refractivity (Wildman–Crippen MR) is 113 cm³/mol. The molecular weight excluding hydrogens is 368 g/mol. The maximum Gasteiger partial charge on any atom is 0.141 e. The molecule has 2 aliphatic rings. The van der Waals surface area contributed by atoms with Crippen molar-refractivity contribution in [2.24, 2.45) is 11.3 Å². The summed E-state index contributed by atoms with van der Waals surface area (Å²) in [4.78, 5) is 13.3. The van der Waals surface area contributed by atoms with Gasteiger partial charge in [0.25, 0.3) is 0 Å². The largest absolute Gasteiger partial charge is 0.489 e. The van der Waals surface area contributed by atoms with E-state index in [0.29, 0.717) is 17.2 Å². The Morgan fingerprint density at radius 3 is 2.54 bits per heavy atom. The summed E-state index contributed by atoms with van der Waals surface area (Å²) in [6, 6.07) is 20.5. The summed E-state index contributed by atoms with van der Waals surface area (Å²) in [6.07, 6.45) is 1.40. The van der Waals surface area contributed by atoms with Crippen LogP contribution in [0.15, 0.2) is 60.7 Å². The zero-order valence-corrected chi connectivity index (χ0v) is 16.9. The first kappa shape index (κ1) is 17.8. The molecule has 1 fully saturated rings. The van der Waals surface area contributed by atoms with Gasteiger partial charge in [-0.15, -0.1) is 0 Å². The van der Waals surface area contributed by atoms with Gasteiger partial charge in [-0.2, -0.15) is 0 Å². The van der Waals surface area contributed by atoms with Gasteiger partial charge < -0.3 is 4.74 Å². The molecule has 1 aliphatic heterocycles. The maximum absolute atomic E-state index is 13.3. The molecule has 3 unspecified atom stereocenters. The molecule has 1 heterocycles. The number of halogens is 1. The lowest BCUT2D eigenvalue weighted by Gasteiger charge is -2.46. The topological polar surface area (TPSA) is 26.3 Å². The van der Waals surface area contributed by atoms with Crippen molar-refractivity contribution in [1.29, 1.82) is 0 Å². The second-order valence-corrected chi connectivity index (χ2v) is 9.36. The number of ketones is 1. The van der Waals surface area contributed by atoms with Gasteiger partial charge in [-0.25, -0.2) is 0 Å². The smallest absolute Gasteiger partial charge is 0.141 e. The molecule has 28 heavy (non-hydrogen) atoms. The fourth-order valence-electron chi connectivity index (χ4n) is 5.14. The lowest BCUT2D eigenvalue weighted by molar-refractivity contribution is -0.135. The normalized spacial score (nSPS) is 25.7. The number of benzene rings is 3. The van der Waals surface area contributed by atoms with Gasteiger partial charge in [0.05, 0.1) is 5.92 Å². The van der Waals surface area contributed by atoms with Gasteiger partial charge in [-0.1, -0.05) is 67.9 Å². The molecule has 0 bridgehead atoms. The number of carbonyl (C=O) groups excluding carboxylic acids is 1. The standard InChI is InChI=1S/C25H23ClO2/c1-25(2)13-19(27)24-21(14-25)28-20-12-9-15-5-3-4-6-18(15)23(20)22(24)16-7-10-17(26)11-8-16/h3-12,21-22,24H,13-14H2,1-2H3. The number of fused-ring (bicyclic) bond motifs is 4. The molecule has 2 nitrogen and oxygen atoms in total. The molecular formula is C25H23ClO2. The number of ether oxygens (including phenoxy) is 1. The summed E-state index contributed by atoms with van der Waals surface area (Å²) in [5, 5.41) is 3.04. The first-order chi connectivity index (χ1) is 13.4. The van der Waals surface area contributed by atoms with Crippen molar-refractivity contribution < 1.29 is 9.53 Å². The lowest BCUT2D eigenvalue weighted by atomic mass is 9.63. The molecule has 0 saturated heterocycles. The van der Waals surface area contributed by atoms with E-state index in [4.69, 9.17) is 16.3 Å². The minimum atomic E-state index is -0.160. The summed E-state index contributed by atoms with van der Waals surface area (Å²) in [6.45, 7) is 4.33. The summed E-state index contributed by atoms with van der Waals surface area (Å²) < 4.78 is 6.48. The Morgan fingerprint density at radius 2 is 1.75 bits per heavy atom. The molecule has 5 rings (SSSR count). The average Bonchev–Trinajstić information content (AvgIpc) is 2.66. The second-order valence-electron chi connectivity index (χ2n) is 8.92. The molecule has 0 spiro atoms. The first-order valence-electron chi connectivity index (χ1n) is 9.89. The van der Waals surface area contributed by atoms with E-state index in [1.165, 1.54) is 5.39 Å². The summed E-state index contributed by atoms with van der Waals surface area (Å²) in [5.74, 6) is 1.04. The van der Waals surface area contributed by atoms with E-state index >= 15 is 0 Å². The van der Waals surface area contributed by atoms with E-state index in [1.54, 1.807) is 0 Å². The van der Waals surface area contributed by atoms with Crippen molar-refractivity contribution in [3.8, 4) is 5.75 Å². The van der Waals surface area contributed by atoms with Crippen molar-refractivity contribution in [2.45, 2.75) is 38.7 Å². The van der Waals surface area contributed by atoms with Crippen molar-refractivity contribution >= 4 is 28.2 Å². The number of rotatable bonds is 1. The highest BCUT2D eigenvalue weighted by molar-refractivity contribution is 6.30. The van der Waals surface area contributed by atoms with Gasteiger partial charge in [0, 0.05) is 22.9 Å². The van der Waals surface area contributed by atoms with E-state index in [9.17, 15) is 4.79 Å². The minimum absolute atomic E-state index is 0.0132. The molecule has 0 aromatic heterocycles. The number of carbonyl (C=O) groups is 1. The zero-order valence-electron chi connectivity index (χ0n) is 16.1. The van der Waals surface area contributed by atoms with Gasteiger partial charge in [0.2, 0.25) is 0 Å². The Morgan fingerprint density at radius 1 is 1.00 bits per heavy atom. The number of hydrogen-bond acceptors (Lipinski definition) is 2. The highest BCUT2D eigenvalue weighted by Gasteiger charge is 2.49. The Balaban J connectivity index is 1.76. The second kappa shape index (κ2) is 6.35. The van der Waals surface area contributed by atoms with Crippen LogP contribution in [0.3, 0.4) is 0 Å². The molecule has 142 valence electrons. The van der Waals surface area contributed by atoms with Gasteiger partial charge in [-0.3, -0.25) is 4.79 Å². The molecule has 0 N–H and O–H groups in total. The molecule has 3 aromatic rings. The molecule has 0 amide bonds. The molecule has 3 atom stereocenters. The van der Waals surface area contributed by atoms with Gasteiger partial charge in [-0.05, 0) is 46.4 Å². The Labute approximate surface area is 170 Å². The third kappa shape index (κ3) is 2.82. The zero-order chi connectivity index (χ0) is 19.5. The van der Waals surface area contributed by atoms with E-state index in [0.717, 1.165) is 28.7 Å². The molecule has 1 saturated carbocycles. The quantitative estimate of drug-likeness (QED) is 0.481. The SMILES string of the molecule is CC1(C)CC(=O)C2C(C1)Oc1ccc3ccccc3c1C2c1ccc(Cl)cc1. The number of Topliss-reactive ketones (excluding diaryl/α,β-unsaturated/α-hetero) is 1. The van der Waals surface area contributed by atoms with Crippen molar-refractivity contribution in [3.63, 3.8) is 0 Å². The summed E-state index contributed by atoms with van der Waals surface area (Å²) >= 11 is 6.16. The monoisotopic (exact) mass is 390 g/mol.